The zero-order chi connectivity index (χ0) is 14.2. The van der Waals surface area contributed by atoms with Crippen molar-refractivity contribution in [2.45, 2.75) is 32.1 Å². The van der Waals surface area contributed by atoms with Gasteiger partial charge in [-0.15, -0.1) is 0 Å². The molecule has 0 saturated carbocycles. The summed E-state index contributed by atoms with van der Waals surface area (Å²) >= 11 is 0. The van der Waals surface area contributed by atoms with Gasteiger partial charge in [-0.25, -0.2) is 0 Å². The molecule has 0 unspecified atom stereocenters. The van der Waals surface area contributed by atoms with Gasteiger partial charge in [0, 0.05) is 37.8 Å². The summed E-state index contributed by atoms with van der Waals surface area (Å²) in [6, 6.07) is 7.78. The number of amides is 1. The number of methoxy groups -OCH3 is 1. The van der Waals surface area contributed by atoms with Gasteiger partial charge in [0.15, 0.2) is 0 Å². The molecular weight excluding hydrogens is 252 g/mol. The second-order valence-electron chi connectivity index (χ2n) is 5.20. The highest BCUT2D eigenvalue weighted by atomic mass is 16.5. The Hall–Kier alpha value is -1.71. The molecule has 0 spiro atoms. The summed E-state index contributed by atoms with van der Waals surface area (Å²) < 4.78 is 5.18. The van der Waals surface area contributed by atoms with Crippen molar-refractivity contribution in [2.75, 3.05) is 32.1 Å². The Kier molecular flexibility index (Phi) is 5.71. The van der Waals surface area contributed by atoms with Gasteiger partial charge in [0.25, 0.3) is 0 Å². The lowest BCUT2D eigenvalue weighted by molar-refractivity contribution is -0.130. The largest absolute Gasteiger partial charge is 0.497 e. The molecule has 0 bridgehead atoms. The van der Waals surface area contributed by atoms with Crippen LogP contribution >= 0.6 is 0 Å². The van der Waals surface area contributed by atoms with Gasteiger partial charge in [-0.3, -0.25) is 4.79 Å². The molecule has 20 heavy (non-hydrogen) atoms. The number of nitrogens with zero attached hydrogens (tertiary/aromatic N) is 1. The summed E-state index contributed by atoms with van der Waals surface area (Å²) in [6.07, 6.45) is 5.36. The summed E-state index contributed by atoms with van der Waals surface area (Å²) in [5.41, 5.74) is 0.994. The number of hydrogen-bond acceptors (Lipinski definition) is 3. The van der Waals surface area contributed by atoms with Crippen LogP contribution in [-0.4, -0.2) is 37.6 Å². The Morgan fingerprint density at radius 3 is 2.70 bits per heavy atom. The van der Waals surface area contributed by atoms with Crippen LogP contribution in [0.5, 0.6) is 5.75 Å². The summed E-state index contributed by atoms with van der Waals surface area (Å²) in [5.74, 6) is 1.09. The predicted molar refractivity (Wildman–Crippen MR) is 81.1 cm³/mol. The second kappa shape index (κ2) is 7.78. The molecule has 1 amide bonds. The van der Waals surface area contributed by atoms with Gasteiger partial charge in [0.1, 0.15) is 5.75 Å². The van der Waals surface area contributed by atoms with Crippen LogP contribution in [0, 0.1) is 0 Å². The van der Waals surface area contributed by atoms with E-state index in [0.29, 0.717) is 13.0 Å². The maximum absolute atomic E-state index is 12.1. The summed E-state index contributed by atoms with van der Waals surface area (Å²) in [7, 11) is 1.65. The lowest BCUT2D eigenvalue weighted by atomic mass is 10.2. The van der Waals surface area contributed by atoms with Gasteiger partial charge in [-0.2, -0.15) is 0 Å². The van der Waals surface area contributed by atoms with Crippen molar-refractivity contribution in [3.63, 3.8) is 0 Å². The highest BCUT2D eigenvalue weighted by molar-refractivity contribution is 5.76. The van der Waals surface area contributed by atoms with E-state index < -0.39 is 0 Å². The van der Waals surface area contributed by atoms with Crippen LogP contribution in [0.1, 0.15) is 32.1 Å². The van der Waals surface area contributed by atoms with Crippen LogP contribution < -0.4 is 10.1 Å². The Morgan fingerprint density at radius 2 is 2.00 bits per heavy atom. The molecule has 1 heterocycles. The lowest BCUT2D eigenvalue weighted by Gasteiger charge is -2.20. The molecule has 0 radical (unpaired) electrons. The fourth-order valence-corrected chi connectivity index (χ4v) is 2.53. The third-order valence-corrected chi connectivity index (χ3v) is 3.70. The van der Waals surface area contributed by atoms with Crippen LogP contribution in [0.25, 0.3) is 0 Å². The molecular formula is C16H24N2O2. The number of hydrogen-bond donors (Lipinski definition) is 1. The minimum Gasteiger partial charge on any atom is -0.497 e. The van der Waals surface area contributed by atoms with E-state index >= 15 is 0 Å². The van der Waals surface area contributed by atoms with Crippen LogP contribution in [0.2, 0.25) is 0 Å². The normalized spacial score (nSPS) is 15.6. The van der Waals surface area contributed by atoms with Crippen molar-refractivity contribution in [1.29, 1.82) is 0 Å². The van der Waals surface area contributed by atoms with Crippen molar-refractivity contribution in [2.24, 2.45) is 0 Å². The first-order chi connectivity index (χ1) is 9.79. The van der Waals surface area contributed by atoms with E-state index in [1.165, 1.54) is 12.8 Å². The van der Waals surface area contributed by atoms with Crippen molar-refractivity contribution in [1.82, 2.24) is 4.90 Å². The average Bonchev–Trinajstić information content (AvgIpc) is 2.76. The molecule has 1 fully saturated rings. The number of carbonyl (C=O) groups excluding carboxylic acids is 1. The number of carbonyl (C=O) groups is 1. The highest BCUT2D eigenvalue weighted by Gasteiger charge is 2.14. The number of nitrogens with one attached hydrogen (secondary N) is 1. The summed E-state index contributed by atoms with van der Waals surface area (Å²) in [4.78, 5) is 14.1. The minimum absolute atomic E-state index is 0.266. The topological polar surface area (TPSA) is 41.6 Å². The van der Waals surface area contributed by atoms with Crippen molar-refractivity contribution >= 4 is 11.6 Å². The smallest absolute Gasteiger partial charge is 0.224 e. The van der Waals surface area contributed by atoms with E-state index in [0.717, 1.165) is 37.4 Å². The lowest BCUT2D eigenvalue weighted by Crippen LogP contribution is -2.32. The second-order valence-corrected chi connectivity index (χ2v) is 5.20. The maximum atomic E-state index is 12.1. The van der Waals surface area contributed by atoms with Crippen molar-refractivity contribution in [3.05, 3.63) is 24.3 Å². The third kappa shape index (κ3) is 4.44. The van der Waals surface area contributed by atoms with E-state index in [9.17, 15) is 4.79 Å². The van der Waals surface area contributed by atoms with Crippen LogP contribution in [-0.2, 0) is 4.79 Å². The molecule has 4 nitrogen and oxygen atoms in total. The zero-order valence-electron chi connectivity index (χ0n) is 12.2. The SMILES string of the molecule is COc1cccc(NCCC(=O)N2CCCCCC2)c1. The van der Waals surface area contributed by atoms with Crippen LogP contribution in [0.3, 0.4) is 0 Å². The Morgan fingerprint density at radius 1 is 1.25 bits per heavy atom. The molecule has 0 aliphatic carbocycles. The molecule has 2 rings (SSSR count). The fourth-order valence-electron chi connectivity index (χ4n) is 2.53. The van der Waals surface area contributed by atoms with E-state index in [-0.39, 0.29) is 5.91 Å². The van der Waals surface area contributed by atoms with E-state index in [4.69, 9.17) is 4.74 Å². The first kappa shape index (κ1) is 14.7. The fraction of sp³-hybridized carbons (Fsp3) is 0.562. The molecule has 1 aliphatic rings. The van der Waals surface area contributed by atoms with Gasteiger partial charge < -0.3 is 15.0 Å². The predicted octanol–water partition coefficient (Wildman–Crippen LogP) is 2.90. The van der Waals surface area contributed by atoms with Gasteiger partial charge in [-0.1, -0.05) is 18.9 Å². The van der Waals surface area contributed by atoms with Crippen LogP contribution in [0.15, 0.2) is 24.3 Å². The van der Waals surface area contributed by atoms with Gasteiger partial charge >= 0.3 is 0 Å². The number of anilines is 1. The third-order valence-electron chi connectivity index (χ3n) is 3.70. The molecule has 0 aromatic heterocycles. The Balaban J connectivity index is 1.75. The van der Waals surface area contributed by atoms with Crippen molar-refractivity contribution in [3.8, 4) is 5.75 Å². The minimum atomic E-state index is 0.266. The monoisotopic (exact) mass is 276 g/mol. The maximum Gasteiger partial charge on any atom is 0.224 e. The van der Waals surface area contributed by atoms with E-state index in [1.54, 1.807) is 7.11 Å². The average molecular weight is 276 g/mol. The standard InChI is InChI=1S/C16H24N2O2/c1-20-15-8-6-7-14(13-15)17-10-9-16(19)18-11-4-2-3-5-12-18/h6-8,13,17H,2-5,9-12H2,1H3. The molecule has 110 valence electrons. The highest BCUT2D eigenvalue weighted by Crippen LogP contribution is 2.16. The number of benzene rings is 1. The molecule has 1 aromatic carbocycles. The molecule has 1 aromatic rings. The molecule has 4 heteroatoms. The first-order valence-corrected chi connectivity index (χ1v) is 7.45. The number of rotatable bonds is 5. The number of ether oxygens (including phenoxy) is 1. The molecule has 1 saturated heterocycles. The quantitative estimate of drug-likeness (QED) is 0.899. The Labute approximate surface area is 121 Å². The summed E-state index contributed by atoms with van der Waals surface area (Å²) in [5, 5.41) is 3.28. The van der Waals surface area contributed by atoms with Crippen molar-refractivity contribution < 1.29 is 9.53 Å². The summed E-state index contributed by atoms with van der Waals surface area (Å²) in [6.45, 7) is 2.53. The Bertz CT molecular complexity index is 426. The molecule has 0 atom stereocenters. The van der Waals surface area contributed by atoms with Crippen LogP contribution in [0.4, 0.5) is 5.69 Å². The van der Waals surface area contributed by atoms with Gasteiger partial charge in [-0.05, 0) is 25.0 Å². The molecule has 1 N–H and O–H groups in total. The molecule has 1 aliphatic heterocycles. The van der Waals surface area contributed by atoms with Gasteiger partial charge in [0.2, 0.25) is 5.91 Å². The number of likely N-dealkylation sites (tertiary alicyclic amines) is 1. The zero-order valence-corrected chi connectivity index (χ0v) is 12.2. The first-order valence-electron chi connectivity index (χ1n) is 7.45. The van der Waals surface area contributed by atoms with E-state index in [1.807, 2.05) is 29.2 Å². The van der Waals surface area contributed by atoms with E-state index in [2.05, 4.69) is 5.32 Å². The van der Waals surface area contributed by atoms with Gasteiger partial charge in [0.05, 0.1) is 7.11 Å².